The van der Waals surface area contributed by atoms with Crippen molar-refractivity contribution in [3.63, 3.8) is 0 Å². The summed E-state index contributed by atoms with van der Waals surface area (Å²) in [5.41, 5.74) is 4.70. The maximum Gasteiger partial charge on any atom is 0.573 e. The maximum atomic E-state index is 12.1. The summed E-state index contributed by atoms with van der Waals surface area (Å²) >= 11 is 0. The molecule has 112 valence electrons. The van der Waals surface area contributed by atoms with Crippen LogP contribution < -0.4 is 15.4 Å². The highest BCUT2D eigenvalue weighted by atomic mass is 32.2. The maximum absolute atomic E-state index is 12.1. The molecule has 0 fully saturated rings. The fourth-order valence-electron chi connectivity index (χ4n) is 1.10. The summed E-state index contributed by atoms with van der Waals surface area (Å²) < 4.78 is 63.4. The molecule has 0 atom stereocenters. The summed E-state index contributed by atoms with van der Waals surface area (Å²) in [6.45, 7) is -0.776. The van der Waals surface area contributed by atoms with Crippen LogP contribution in [0.15, 0.2) is 29.2 Å². The molecule has 1 aromatic carbocycles. The van der Waals surface area contributed by atoms with E-state index in [2.05, 4.69) is 9.57 Å². The Bertz CT molecular complexity index is 587. The van der Waals surface area contributed by atoms with Crippen LogP contribution in [0.2, 0.25) is 0 Å². The van der Waals surface area contributed by atoms with Crippen molar-refractivity contribution in [2.45, 2.75) is 11.3 Å². The van der Waals surface area contributed by atoms with Gasteiger partial charge in [0.25, 0.3) is 10.0 Å². The number of rotatable bonds is 6. The SMILES string of the molecule is NC(=O)CONS(=O)(=O)c1ccccc1OC(F)(F)F. The van der Waals surface area contributed by atoms with Crippen molar-refractivity contribution in [1.82, 2.24) is 4.89 Å². The summed E-state index contributed by atoms with van der Waals surface area (Å²) in [6.07, 6.45) is -5.06. The van der Waals surface area contributed by atoms with E-state index in [1.165, 1.54) is 11.0 Å². The Labute approximate surface area is 111 Å². The number of hydrogen-bond acceptors (Lipinski definition) is 5. The lowest BCUT2D eigenvalue weighted by Gasteiger charge is -2.13. The topological polar surface area (TPSA) is 108 Å². The molecule has 3 N–H and O–H groups in total. The zero-order valence-corrected chi connectivity index (χ0v) is 10.5. The van der Waals surface area contributed by atoms with Crippen LogP contribution in [-0.4, -0.2) is 27.3 Å². The monoisotopic (exact) mass is 314 g/mol. The number of hydrogen-bond donors (Lipinski definition) is 2. The summed E-state index contributed by atoms with van der Waals surface area (Å²) in [5, 5.41) is 0. The van der Waals surface area contributed by atoms with Crippen LogP contribution in [0.5, 0.6) is 5.75 Å². The van der Waals surface area contributed by atoms with Crippen molar-refractivity contribution in [3.05, 3.63) is 24.3 Å². The number of carbonyl (C=O) groups excluding carboxylic acids is 1. The first-order valence-electron chi connectivity index (χ1n) is 4.88. The lowest BCUT2D eigenvalue weighted by molar-refractivity contribution is -0.275. The number of nitrogens with two attached hydrogens (primary N) is 1. The van der Waals surface area contributed by atoms with Crippen LogP contribution in [0.3, 0.4) is 0 Å². The highest BCUT2D eigenvalue weighted by Crippen LogP contribution is 2.29. The first-order valence-corrected chi connectivity index (χ1v) is 6.37. The Morgan fingerprint density at radius 1 is 1.30 bits per heavy atom. The van der Waals surface area contributed by atoms with Crippen molar-refractivity contribution < 1.29 is 36.0 Å². The van der Waals surface area contributed by atoms with Crippen molar-refractivity contribution in [1.29, 1.82) is 0 Å². The van der Waals surface area contributed by atoms with Crippen LogP contribution in [0.25, 0.3) is 0 Å². The third kappa shape index (κ3) is 5.03. The van der Waals surface area contributed by atoms with Crippen LogP contribution in [0.1, 0.15) is 0 Å². The van der Waals surface area contributed by atoms with Gasteiger partial charge in [-0.1, -0.05) is 17.0 Å². The number of ether oxygens (including phenoxy) is 1. The average Bonchev–Trinajstić information content (AvgIpc) is 2.26. The van der Waals surface area contributed by atoms with Gasteiger partial charge < -0.3 is 10.5 Å². The number of primary amides is 1. The van der Waals surface area contributed by atoms with E-state index in [1.54, 1.807) is 0 Å². The van der Waals surface area contributed by atoms with Gasteiger partial charge in [0, 0.05) is 0 Å². The Kier molecular flexibility index (Phi) is 4.92. The van der Waals surface area contributed by atoms with Crippen LogP contribution in [0, 0.1) is 0 Å². The number of para-hydroxylation sites is 1. The highest BCUT2D eigenvalue weighted by molar-refractivity contribution is 7.89. The molecule has 0 aromatic heterocycles. The molecule has 0 aliphatic rings. The third-order valence-electron chi connectivity index (χ3n) is 1.75. The zero-order chi connectivity index (χ0) is 15.4. The molecule has 0 aliphatic heterocycles. The van der Waals surface area contributed by atoms with Gasteiger partial charge in [-0.15, -0.1) is 13.2 Å². The summed E-state index contributed by atoms with van der Waals surface area (Å²) in [6, 6.07) is 4.03. The van der Waals surface area contributed by atoms with E-state index in [0.717, 1.165) is 18.2 Å². The fourth-order valence-corrected chi connectivity index (χ4v) is 2.04. The van der Waals surface area contributed by atoms with E-state index >= 15 is 0 Å². The predicted molar refractivity (Wildman–Crippen MR) is 58.6 cm³/mol. The lowest BCUT2D eigenvalue weighted by atomic mass is 10.3. The summed E-state index contributed by atoms with van der Waals surface area (Å²) in [7, 11) is -4.46. The second kappa shape index (κ2) is 6.07. The summed E-state index contributed by atoms with van der Waals surface area (Å²) in [4.78, 5) is 15.3. The fraction of sp³-hybridized carbons (Fsp3) is 0.222. The first kappa shape index (κ1) is 16.2. The number of amides is 1. The second-order valence-corrected chi connectivity index (χ2v) is 4.95. The molecule has 0 aliphatic carbocycles. The largest absolute Gasteiger partial charge is 0.573 e. The Morgan fingerprint density at radius 3 is 2.45 bits per heavy atom. The van der Waals surface area contributed by atoms with Gasteiger partial charge in [-0.05, 0) is 12.1 Å². The molecular weight excluding hydrogens is 305 g/mol. The van der Waals surface area contributed by atoms with Crippen molar-refractivity contribution in [2.75, 3.05) is 6.61 Å². The van der Waals surface area contributed by atoms with Crippen LogP contribution in [0.4, 0.5) is 13.2 Å². The number of benzene rings is 1. The van der Waals surface area contributed by atoms with Crippen molar-refractivity contribution in [3.8, 4) is 5.75 Å². The van der Waals surface area contributed by atoms with Crippen LogP contribution >= 0.6 is 0 Å². The van der Waals surface area contributed by atoms with E-state index in [9.17, 15) is 26.4 Å². The number of halogens is 3. The van der Waals surface area contributed by atoms with Gasteiger partial charge in [0.15, 0.2) is 0 Å². The molecule has 0 unspecified atom stereocenters. The van der Waals surface area contributed by atoms with Gasteiger partial charge in [0.1, 0.15) is 17.3 Å². The van der Waals surface area contributed by atoms with E-state index in [1.807, 2.05) is 0 Å². The molecular formula is C9H9F3N2O5S. The number of nitrogens with one attached hydrogen (secondary N) is 1. The molecule has 20 heavy (non-hydrogen) atoms. The van der Waals surface area contributed by atoms with Gasteiger partial charge in [-0.25, -0.2) is 8.42 Å². The molecule has 0 saturated carbocycles. The first-order chi connectivity index (χ1) is 9.12. The minimum atomic E-state index is -5.06. The molecule has 1 amide bonds. The Morgan fingerprint density at radius 2 is 1.90 bits per heavy atom. The molecule has 1 rings (SSSR count). The molecule has 0 radical (unpaired) electrons. The van der Waals surface area contributed by atoms with Gasteiger partial charge in [0.05, 0.1) is 0 Å². The molecule has 7 nitrogen and oxygen atoms in total. The molecule has 1 aromatic rings. The van der Waals surface area contributed by atoms with Gasteiger partial charge >= 0.3 is 6.36 Å². The Balaban J connectivity index is 2.97. The number of alkyl halides is 3. The average molecular weight is 314 g/mol. The minimum Gasteiger partial charge on any atom is -0.404 e. The van der Waals surface area contributed by atoms with Gasteiger partial charge in [-0.3, -0.25) is 9.63 Å². The van der Waals surface area contributed by atoms with E-state index in [-0.39, 0.29) is 0 Å². The number of carbonyl (C=O) groups is 1. The van der Waals surface area contributed by atoms with E-state index < -0.39 is 39.5 Å². The van der Waals surface area contributed by atoms with Gasteiger partial charge in [0.2, 0.25) is 5.91 Å². The van der Waals surface area contributed by atoms with Crippen molar-refractivity contribution >= 4 is 15.9 Å². The normalized spacial score (nSPS) is 12.2. The van der Waals surface area contributed by atoms with Gasteiger partial charge in [-0.2, -0.15) is 0 Å². The third-order valence-corrected chi connectivity index (χ3v) is 3.00. The smallest absolute Gasteiger partial charge is 0.404 e. The Hall–Kier alpha value is -1.85. The number of sulfonamides is 1. The minimum absolute atomic E-state index is 0.776. The standard InChI is InChI=1S/C9H9F3N2O5S/c10-9(11,12)19-6-3-1-2-4-7(6)20(16,17)14-18-5-8(13)15/h1-4,14H,5H2,(H2,13,15). The molecule has 0 bridgehead atoms. The lowest BCUT2D eigenvalue weighted by Crippen LogP contribution is -2.30. The van der Waals surface area contributed by atoms with E-state index in [4.69, 9.17) is 5.73 Å². The highest BCUT2D eigenvalue weighted by Gasteiger charge is 2.34. The summed E-state index contributed by atoms with van der Waals surface area (Å²) in [5.74, 6) is -1.90. The zero-order valence-electron chi connectivity index (χ0n) is 9.68. The quantitative estimate of drug-likeness (QED) is 0.733. The predicted octanol–water partition coefficient (Wildman–Crippen LogP) is 0.280. The van der Waals surface area contributed by atoms with Crippen LogP contribution in [-0.2, 0) is 19.7 Å². The second-order valence-electron chi connectivity index (χ2n) is 3.34. The van der Waals surface area contributed by atoms with Crippen molar-refractivity contribution in [2.24, 2.45) is 5.73 Å². The molecule has 0 heterocycles. The van der Waals surface area contributed by atoms with E-state index in [0.29, 0.717) is 0 Å². The molecule has 0 spiro atoms. The molecule has 11 heteroatoms. The molecule has 0 saturated heterocycles.